The summed E-state index contributed by atoms with van der Waals surface area (Å²) in [4.78, 5) is 0. The minimum atomic E-state index is -0.866. The number of rotatable bonds is 7. The van der Waals surface area contributed by atoms with E-state index in [4.69, 9.17) is 14.6 Å². The van der Waals surface area contributed by atoms with Gasteiger partial charge in [0, 0.05) is 0 Å². The number of methoxy groups -OCH3 is 1. The number of aliphatic hydroxyl groups excluding tert-OH is 2. The molecule has 2 N–H and O–H groups in total. The van der Waals surface area contributed by atoms with Gasteiger partial charge in [0.05, 0.1) is 13.7 Å². The highest BCUT2D eigenvalue weighted by molar-refractivity contribution is 5.43. The third-order valence-electron chi connectivity index (χ3n) is 2.41. The van der Waals surface area contributed by atoms with Crippen molar-refractivity contribution in [1.82, 2.24) is 0 Å². The smallest absolute Gasteiger partial charge is 0.161 e. The van der Waals surface area contributed by atoms with Crippen molar-refractivity contribution in [1.29, 1.82) is 0 Å². The molecule has 4 nitrogen and oxygen atoms in total. The summed E-state index contributed by atoms with van der Waals surface area (Å²) in [5.74, 6) is 1.24. The molecule has 4 heteroatoms. The number of hydrogen-bond donors (Lipinski definition) is 2. The van der Waals surface area contributed by atoms with Gasteiger partial charge in [0.2, 0.25) is 0 Å². The molecule has 0 aromatic heterocycles. The molecule has 96 valence electrons. The van der Waals surface area contributed by atoms with Gasteiger partial charge in [0.25, 0.3) is 0 Å². The van der Waals surface area contributed by atoms with E-state index in [9.17, 15) is 5.11 Å². The highest BCUT2D eigenvalue weighted by atomic mass is 16.5. The van der Waals surface area contributed by atoms with Crippen molar-refractivity contribution in [2.75, 3.05) is 20.3 Å². The Balaban J connectivity index is 2.71. The zero-order valence-corrected chi connectivity index (χ0v) is 10.3. The molecule has 0 aliphatic rings. The van der Waals surface area contributed by atoms with Crippen LogP contribution < -0.4 is 9.47 Å². The number of aryl methyl sites for hydroxylation is 1. The van der Waals surface area contributed by atoms with E-state index in [1.807, 2.05) is 18.2 Å². The maximum Gasteiger partial charge on any atom is 0.161 e. The first kappa shape index (κ1) is 13.8. The molecule has 1 aromatic carbocycles. The molecule has 1 unspecified atom stereocenters. The first-order chi connectivity index (χ1) is 8.21. The molecular weight excluding hydrogens is 220 g/mol. The van der Waals surface area contributed by atoms with E-state index in [1.54, 1.807) is 7.11 Å². The fraction of sp³-hybridized carbons (Fsp3) is 0.538. The molecule has 1 aromatic rings. The van der Waals surface area contributed by atoms with E-state index < -0.39 is 6.10 Å². The van der Waals surface area contributed by atoms with Crippen LogP contribution in [0.25, 0.3) is 0 Å². The van der Waals surface area contributed by atoms with E-state index >= 15 is 0 Å². The maximum atomic E-state index is 9.21. The van der Waals surface area contributed by atoms with E-state index in [-0.39, 0.29) is 13.2 Å². The van der Waals surface area contributed by atoms with Crippen molar-refractivity contribution in [2.45, 2.75) is 25.9 Å². The Morgan fingerprint density at radius 2 is 2.06 bits per heavy atom. The van der Waals surface area contributed by atoms with Crippen LogP contribution in [0.1, 0.15) is 18.9 Å². The molecule has 0 spiro atoms. The Morgan fingerprint density at radius 3 is 2.65 bits per heavy atom. The van der Waals surface area contributed by atoms with Gasteiger partial charge in [-0.15, -0.1) is 0 Å². The molecule has 0 aliphatic heterocycles. The highest BCUT2D eigenvalue weighted by Crippen LogP contribution is 2.28. The molecule has 0 radical (unpaired) electrons. The van der Waals surface area contributed by atoms with Gasteiger partial charge in [0.1, 0.15) is 12.7 Å². The zero-order valence-electron chi connectivity index (χ0n) is 10.3. The van der Waals surface area contributed by atoms with Gasteiger partial charge < -0.3 is 19.7 Å². The largest absolute Gasteiger partial charge is 0.493 e. The molecule has 0 saturated heterocycles. The summed E-state index contributed by atoms with van der Waals surface area (Å²) in [5, 5.41) is 17.9. The molecule has 1 atom stereocenters. The lowest BCUT2D eigenvalue weighted by atomic mass is 10.1. The quantitative estimate of drug-likeness (QED) is 0.756. The molecular formula is C13H20O4. The third-order valence-corrected chi connectivity index (χ3v) is 2.41. The number of benzene rings is 1. The molecule has 0 amide bonds. The molecule has 0 heterocycles. The number of ether oxygens (including phenoxy) is 2. The molecule has 0 saturated carbocycles. The van der Waals surface area contributed by atoms with Crippen molar-refractivity contribution in [3.05, 3.63) is 23.8 Å². The van der Waals surface area contributed by atoms with E-state index in [0.29, 0.717) is 11.5 Å². The Kier molecular flexibility index (Phi) is 5.80. The van der Waals surface area contributed by atoms with Crippen molar-refractivity contribution < 1.29 is 19.7 Å². The van der Waals surface area contributed by atoms with Crippen LogP contribution in [0, 0.1) is 0 Å². The zero-order chi connectivity index (χ0) is 12.7. The maximum absolute atomic E-state index is 9.21. The lowest BCUT2D eigenvalue weighted by molar-refractivity contribution is 0.0527. The average Bonchev–Trinajstić information content (AvgIpc) is 2.36. The SMILES string of the molecule is CCCc1ccc(OCC(O)CO)c(OC)c1. The van der Waals surface area contributed by atoms with Crippen LogP contribution in [-0.2, 0) is 6.42 Å². The van der Waals surface area contributed by atoms with E-state index in [1.165, 1.54) is 5.56 Å². The topological polar surface area (TPSA) is 58.9 Å². The van der Waals surface area contributed by atoms with E-state index in [0.717, 1.165) is 12.8 Å². The second-order valence-electron chi connectivity index (χ2n) is 3.88. The molecule has 0 fully saturated rings. The third kappa shape index (κ3) is 4.24. The van der Waals surface area contributed by atoms with Gasteiger partial charge in [-0.05, 0) is 24.1 Å². The normalized spacial score (nSPS) is 12.2. The van der Waals surface area contributed by atoms with Crippen LogP contribution in [0.15, 0.2) is 18.2 Å². The number of hydrogen-bond acceptors (Lipinski definition) is 4. The summed E-state index contributed by atoms with van der Waals surface area (Å²) in [6, 6.07) is 5.74. The van der Waals surface area contributed by atoms with E-state index in [2.05, 4.69) is 6.92 Å². The monoisotopic (exact) mass is 240 g/mol. The van der Waals surface area contributed by atoms with Crippen molar-refractivity contribution in [2.24, 2.45) is 0 Å². The summed E-state index contributed by atoms with van der Waals surface area (Å²) in [5.41, 5.74) is 1.19. The van der Waals surface area contributed by atoms with Crippen molar-refractivity contribution >= 4 is 0 Å². The molecule has 1 rings (SSSR count). The van der Waals surface area contributed by atoms with Crippen molar-refractivity contribution in [3.63, 3.8) is 0 Å². The second kappa shape index (κ2) is 7.14. The fourth-order valence-corrected chi connectivity index (χ4v) is 1.51. The standard InChI is InChI=1S/C13H20O4/c1-3-4-10-5-6-12(13(7-10)16-2)17-9-11(15)8-14/h5-7,11,14-15H,3-4,8-9H2,1-2H3. The van der Waals surface area contributed by atoms with Crippen LogP contribution >= 0.6 is 0 Å². The van der Waals surface area contributed by atoms with Gasteiger partial charge in [0.15, 0.2) is 11.5 Å². The Labute approximate surface area is 102 Å². The Bertz CT molecular complexity index is 338. The fourth-order valence-electron chi connectivity index (χ4n) is 1.51. The van der Waals surface area contributed by atoms with Crippen LogP contribution in [0.3, 0.4) is 0 Å². The van der Waals surface area contributed by atoms with Gasteiger partial charge in [-0.3, -0.25) is 0 Å². The van der Waals surface area contributed by atoms with Gasteiger partial charge in [-0.1, -0.05) is 19.4 Å². The van der Waals surface area contributed by atoms with Crippen LogP contribution in [0.2, 0.25) is 0 Å². The highest BCUT2D eigenvalue weighted by Gasteiger charge is 2.08. The minimum Gasteiger partial charge on any atom is -0.493 e. The summed E-state index contributed by atoms with van der Waals surface area (Å²) in [7, 11) is 1.58. The minimum absolute atomic E-state index is 0.0555. The van der Waals surface area contributed by atoms with Crippen molar-refractivity contribution in [3.8, 4) is 11.5 Å². The summed E-state index contributed by atoms with van der Waals surface area (Å²) in [6.45, 7) is 1.87. The molecule has 0 bridgehead atoms. The van der Waals surface area contributed by atoms with Crippen LogP contribution in [0.5, 0.6) is 11.5 Å². The van der Waals surface area contributed by atoms with Gasteiger partial charge in [-0.2, -0.15) is 0 Å². The predicted molar refractivity (Wildman–Crippen MR) is 65.6 cm³/mol. The second-order valence-corrected chi connectivity index (χ2v) is 3.88. The summed E-state index contributed by atoms with van der Waals surface area (Å²) in [6.07, 6.45) is 1.21. The van der Waals surface area contributed by atoms with Gasteiger partial charge >= 0.3 is 0 Å². The Hall–Kier alpha value is -1.26. The first-order valence-corrected chi connectivity index (χ1v) is 5.79. The van der Waals surface area contributed by atoms with Crippen LogP contribution in [0.4, 0.5) is 0 Å². The lowest BCUT2D eigenvalue weighted by Crippen LogP contribution is -2.21. The molecule has 0 aliphatic carbocycles. The predicted octanol–water partition coefficient (Wildman–Crippen LogP) is 1.38. The summed E-state index contributed by atoms with van der Waals surface area (Å²) < 4.78 is 10.6. The average molecular weight is 240 g/mol. The van der Waals surface area contributed by atoms with Crippen LogP contribution in [-0.4, -0.2) is 36.6 Å². The number of aliphatic hydroxyl groups is 2. The molecule has 17 heavy (non-hydrogen) atoms. The lowest BCUT2D eigenvalue weighted by Gasteiger charge is -2.13. The summed E-state index contributed by atoms with van der Waals surface area (Å²) >= 11 is 0. The Morgan fingerprint density at radius 1 is 1.29 bits per heavy atom. The van der Waals surface area contributed by atoms with Gasteiger partial charge in [-0.25, -0.2) is 0 Å². The first-order valence-electron chi connectivity index (χ1n) is 5.79.